The van der Waals surface area contributed by atoms with Crippen molar-refractivity contribution in [1.29, 1.82) is 0 Å². The van der Waals surface area contributed by atoms with E-state index in [0.29, 0.717) is 24.6 Å². The Morgan fingerprint density at radius 3 is 2.87 bits per heavy atom. The predicted molar refractivity (Wildman–Crippen MR) is 81.6 cm³/mol. The number of amides is 2. The van der Waals surface area contributed by atoms with Gasteiger partial charge in [-0.2, -0.15) is 4.39 Å². The molecule has 8 heteroatoms. The summed E-state index contributed by atoms with van der Waals surface area (Å²) in [5.74, 6) is -0.546. The van der Waals surface area contributed by atoms with E-state index in [0.717, 1.165) is 6.07 Å². The van der Waals surface area contributed by atoms with Crippen LogP contribution in [0, 0.1) is 5.95 Å². The number of anilines is 2. The van der Waals surface area contributed by atoms with Crippen molar-refractivity contribution in [2.45, 2.75) is 0 Å². The summed E-state index contributed by atoms with van der Waals surface area (Å²) in [6, 6.07) is 5.89. The van der Waals surface area contributed by atoms with E-state index in [-0.39, 0.29) is 18.0 Å². The van der Waals surface area contributed by atoms with Crippen LogP contribution in [0.25, 0.3) is 0 Å². The number of piperazine rings is 1. The second kappa shape index (κ2) is 6.39. The number of rotatable bonds is 3. The smallest absolute Gasteiger partial charge is 0.255 e. The van der Waals surface area contributed by atoms with Gasteiger partial charge in [0.25, 0.3) is 5.91 Å². The summed E-state index contributed by atoms with van der Waals surface area (Å²) in [4.78, 5) is 32.9. The van der Waals surface area contributed by atoms with Crippen molar-refractivity contribution in [1.82, 2.24) is 15.3 Å². The molecule has 1 fully saturated rings. The number of pyridine rings is 2. The Morgan fingerprint density at radius 1 is 1.30 bits per heavy atom. The molecule has 1 saturated heterocycles. The van der Waals surface area contributed by atoms with Gasteiger partial charge < -0.3 is 15.5 Å². The van der Waals surface area contributed by atoms with Gasteiger partial charge in [0.15, 0.2) is 0 Å². The zero-order valence-electron chi connectivity index (χ0n) is 12.1. The molecule has 0 bridgehead atoms. The lowest BCUT2D eigenvalue weighted by Gasteiger charge is -2.27. The zero-order valence-corrected chi connectivity index (χ0v) is 12.1. The molecule has 1 aliphatic heterocycles. The molecule has 0 saturated carbocycles. The van der Waals surface area contributed by atoms with Crippen LogP contribution in [0.5, 0.6) is 0 Å². The first-order valence-electron chi connectivity index (χ1n) is 7.02. The average molecular weight is 315 g/mol. The molecule has 1 aliphatic rings. The van der Waals surface area contributed by atoms with Crippen LogP contribution < -0.4 is 15.5 Å². The molecule has 0 atom stereocenters. The minimum Gasteiger partial charge on any atom is -0.353 e. The summed E-state index contributed by atoms with van der Waals surface area (Å²) in [6.45, 7) is 1.52. The van der Waals surface area contributed by atoms with Gasteiger partial charge in [-0.05, 0) is 18.2 Å². The summed E-state index contributed by atoms with van der Waals surface area (Å²) in [6.07, 6.45) is 2.73. The van der Waals surface area contributed by atoms with E-state index < -0.39 is 11.9 Å². The standard InChI is InChI=1S/C15H14FN5O2/c16-12-7-10(3-4-17-12)15(23)20-11-1-2-13(19-8-11)21-6-5-18-14(22)9-21/h1-4,7-8H,5-6,9H2,(H,18,22)(H,20,23). The Labute approximate surface area is 131 Å². The zero-order chi connectivity index (χ0) is 16.2. The van der Waals surface area contributed by atoms with Crippen molar-refractivity contribution in [3.8, 4) is 0 Å². The lowest BCUT2D eigenvalue weighted by Crippen LogP contribution is -2.48. The highest BCUT2D eigenvalue weighted by atomic mass is 19.1. The van der Waals surface area contributed by atoms with Gasteiger partial charge in [0, 0.05) is 30.9 Å². The van der Waals surface area contributed by atoms with E-state index in [1.807, 2.05) is 4.90 Å². The number of carbonyl (C=O) groups is 2. The third kappa shape index (κ3) is 3.60. The fourth-order valence-corrected chi connectivity index (χ4v) is 2.23. The highest BCUT2D eigenvalue weighted by molar-refractivity contribution is 6.04. The molecule has 2 amide bonds. The average Bonchev–Trinajstić information content (AvgIpc) is 2.55. The summed E-state index contributed by atoms with van der Waals surface area (Å²) in [7, 11) is 0. The lowest BCUT2D eigenvalue weighted by atomic mass is 10.2. The van der Waals surface area contributed by atoms with Crippen LogP contribution in [0.4, 0.5) is 15.9 Å². The number of aromatic nitrogens is 2. The van der Waals surface area contributed by atoms with E-state index in [4.69, 9.17) is 0 Å². The van der Waals surface area contributed by atoms with Crippen LogP contribution in [-0.2, 0) is 4.79 Å². The Balaban J connectivity index is 1.67. The largest absolute Gasteiger partial charge is 0.353 e. The van der Waals surface area contributed by atoms with Crippen molar-refractivity contribution in [3.63, 3.8) is 0 Å². The molecule has 0 aromatic carbocycles. The van der Waals surface area contributed by atoms with Crippen molar-refractivity contribution in [2.75, 3.05) is 29.9 Å². The maximum Gasteiger partial charge on any atom is 0.255 e. The molecular weight excluding hydrogens is 301 g/mol. The maximum absolute atomic E-state index is 13.0. The molecule has 7 nitrogen and oxygen atoms in total. The van der Waals surface area contributed by atoms with Gasteiger partial charge in [-0.25, -0.2) is 9.97 Å². The molecule has 3 rings (SSSR count). The minimum atomic E-state index is -0.713. The lowest BCUT2D eigenvalue weighted by molar-refractivity contribution is -0.120. The third-order valence-electron chi connectivity index (χ3n) is 3.36. The second-order valence-corrected chi connectivity index (χ2v) is 5.00. The number of nitrogens with one attached hydrogen (secondary N) is 2. The van der Waals surface area contributed by atoms with Crippen LogP contribution >= 0.6 is 0 Å². The SMILES string of the molecule is O=C1CN(c2ccc(NC(=O)c3ccnc(F)c3)cn2)CCN1. The Bertz CT molecular complexity index is 735. The van der Waals surface area contributed by atoms with Crippen LogP contribution in [0.1, 0.15) is 10.4 Å². The fraction of sp³-hybridized carbons (Fsp3) is 0.200. The van der Waals surface area contributed by atoms with Gasteiger partial charge in [-0.3, -0.25) is 9.59 Å². The van der Waals surface area contributed by atoms with Crippen molar-refractivity contribution >= 4 is 23.3 Å². The Kier molecular flexibility index (Phi) is 4.13. The van der Waals surface area contributed by atoms with Crippen LogP contribution in [0.3, 0.4) is 0 Å². The van der Waals surface area contributed by atoms with E-state index >= 15 is 0 Å². The van der Waals surface area contributed by atoms with Gasteiger partial charge in [-0.15, -0.1) is 0 Å². The van der Waals surface area contributed by atoms with E-state index in [1.54, 1.807) is 12.1 Å². The second-order valence-electron chi connectivity index (χ2n) is 5.00. The molecule has 23 heavy (non-hydrogen) atoms. The molecule has 0 radical (unpaired) electrons. The maximum atomic E-state index is 13.0. The molecule has 3 heterocycles. The quantitative estimate of drug-likeness (QED) is 0.818. The molecule has 118 valence electrons. The molecule has 2 aromatic heterocycles. The van der Waals surface area contributed by atoms with E-state index in [2.05, 4.69) is 20.6 Å². The molecule has 0 aliphatic carbocycles. The van der Waals surface area contributed by atoms with Gasteiger partial charge in [-0.1, -0.05) is 0 Å². The summed E-state index contributed by atoms with van der Waals surface area (Å²) in [5.41, 5.74) is 0.659. The fourth-order valence-electron chi connectivity index (χ4n) is 2.23. The van der Waals surface area contributed by atoms with E-state index in [1.165, 1.54) is 18.5 Å². The van der Waals surface area contributed by atoms with Crippen molar-refractivity contribution in [2.24, 2.45) is 0 Å². The normalized spacial score (nSPS) is 14.3. The Morgan fingerprint density at radius 2 is 2.17 bits per heavy atom. The summed E-state index contributed by atoms with van der Waals surface area (Å²) >= 11 is 0. The first-order chi connectivity index (χ1) is 11.1. The van der Waals surface area contributed by atoms with E-state index in [9.17, 15) is 14.0 Å². The van der Waals surface area contributed by atoms with Gasteiger partial charge in [0.1, 0.15) is 5.82 Å². The minimum absolute atomic E-state index is 0.0462. The predicted octanol–water partition coefficient (Wildman–Crippen LogP) is 0.804. The number of carbonyl (C=O) groups excluding carboxylic acids is 2. The third-order valence-corrected chi connectivity index (χ3v) is 3.36. The summed E-state index contributed by atoms with van der Waals surface area (Å²) in [5, 5.41) is 5.37. The molecule has 2 N–H and O–H groups in total. The molecule has 0 spiro atoms. The number of nitrogens with zero attached hydrogens (tertiary/aromatic N) is 3. The number of hydrogen-bond donors (Lipinski definition) is 2. The summed E-state index contributed by atoms with van der Waals surface area (Å²) < 4.78 is 13.0. The Hall–Kier alpha value is -3.03. The first kappa shape index (κ1) is 14.9. The monoisotopic (exact) mass is 315 g/mol. The van der Waals surface area contributed by atoms with Gasteiger partial charge >= 0.3 is 0 Å². The topological polar surface area (TPSA) is 87.2 Å². The first-order valence-corrected chi connectivity index (χ1v) is 7.02. The number of halogens is 1. The number of hydrogen-bond acceptors (Lipinski definition) is 5. The van der Waals surface area contributed by atoms with Crippen molar-refractivity contribution < 1.29 is 14.0 Å². The highest BCUT2D eigenvalue weighted by Crippen LogP contribution is 2.15. The van der Waals surface area contributed by atoms with Crippen LogP contribution in [-0.4, -0.2) is 41.4 Å². The van der Waals surface area contributed by atoms with Gasteiger partial charge in [0.2, 0.25) is 11.9 Å². The van der Waals surface area contributed by atoms with Gasteiger partial charge in [0.05, 0.1) is 18.4 Å². The van der Waals surface area contributed by atoms with Crippen molar-refractivity contribution in [3.05, 3.63) is 48.2 Å². The molecule has 2 aromatic rings. The van der Waals surface area contributed by atoms with Crippen LogP contribution in [0.2, 0.25) is 0 Å². The molecule has 0 unspecified atom stereocenters. The molecular formula is C15H14FN5O2. The van der Waals surface area contributed by atoms with Crippen LogP contribution in [0.15, 0.2) is 36.7 Å². The highest BCUT2D eigenvalue weighted by Gasteiger charge is 2.17.